The predicted octanol–water partition coefficient (Wildman–Crippen LogP) is 2.13. The molecule has 2 aromatic carbocycles. The van der Waals surface area contributed by atoms with Gasteiger partial charge in [0.2, 0.25) is 12.7 Å². The van der Waals surface area contributed by atoms with E-state index >= 15 is 0 Å². The first-order chi connectivity index (χ1) is 9.72. The summed E-state index contributed by atoms with van der Waals surface area (Å²) in [5.74, 6) is 1.09. The van der Waals surface area contributed by atoms with E-state index in [-0.39, 0.29) is 6.79 Å². The lowest BCUT2D eigenvalue weighted by atomic mass is 10.1. The quantitative estimate of drug-likeness (QED) is 0.892. The van der Waals surface area contributed by atoms with Gasteiger partial charge in [0.05, 0.1) is 0 Å². The van der Waals surface area contributed by atoms with Gasteiger partial charge in [0, 0.05) is 17.8 Å². The number of hydrogen-bond donors (Lipinski definition) is 2. The van der Waals surface area contributed by atoms with E-state index in [1.165, 1.54) is 0 Å². The van der Waals surface area contributed by atoms with Crippen LogP contribution < -0.4 is 20.5 Å². The Kier molecular flexibility index (Phi) is 3.16. The molecular formula is C15H14N2O3. The van der Waals surface area contributed by atoms with Gasteiger partial charge in [0.15, 0.2) is 11.5 Å². The Labute approximate surface area is 116 Å². The minimum absolute atomic E-state index is 0.271. The fourth-order valence-corrected chi connectivity index (χ4v) is 2.04. The van der Waals surface area contributed by atoms with Crippen LogP contribution in [-0.2, 0) is 6.54 Å². The summed E-state index contributed by atoms with van der Waals surface area (Å²) in [5, 5.41) is 3.24. The number of ether oxygens (including phenoxy) is 2. The molecule has 0 aliphatic carbocycles. The molecule has 1 aliphatic heterocycles. The van der Waals surface area contributed by atoms with Crippen LogP contribution in [-0.4, -0.2) is 12.7 Å². The van der Waals surface area contributed by atoms with Crippen LogP contribution >= 0.6 is 0 Å². The highest BCUT2D eigenvalue weighted by Gasteiger charge is 2.12. The van der Waals surface area contributed by atoms with E-state index in [1.54, 1.807) is 18.2 Å². The minimum Gasteiger partial charge on any atom is -0.454 e. The van der Waals surface area contributed by atoms with E-state index in [0.29, 0.717) is 12.1 Å². The van der Waals surface area contributed by atoms with Crippen molar-refractivity contribution in [2.45, 2.75) is 6.54 Å². The molecule has 1 aliphatic rings. The van der Waals surface area contributed by atoms with Crippen molar-refractivity contribution in [2.24, 2.45) is 5.73 Å². The van der Waals surface area contributed by atoms with Crippen molar-refractivity contribution in [2.75, 3.05) is 12.1 Å². The largest absolute Gasteiger partial charge is 0.454 e. The second kappa shape index (κ2) is 5.13. The number of carbonyl (C=O) groups is 1. The third-order valence-electron chi connectivity index (χ3n) is 3.08. The van der Waals surface area contributed by atoms with E-state index in [0.717, 1.165) is 22.7 Å². The zero-order valence-electron chi connectivity index (χ0n) is 10.8. The van der Waals surface area contributed by atoms with Gasteiger partial charge in [0.25, 0.3) is 0 Å². The van der Waals surface area contributed by atoms with Crippen LogP contribution in [0.4, 0.5) is 5.69 Å². The van der Waals surface area contributed by atoms with Gasteiger partial charge >= 0.3 is 0 Å². The van der Waals surface area contributed by atoms with E-state index in [4.69, 9.17) is 15.2 Å². The number of hydrogen-bond acceptors (Lipinski definition) is 4. The zero-order valence-corrected chi connectivity index (χ0v) is 10.8. The SMILES string of the molecule is NC(=O)c1cccc(NCc2ccc3c(c2)OCO3)c1. The molecule has 0 bridgehead atoms. The maximum absolute atomic E-state index is 11.1. The van der Waals surface area contributed by atoms with Gasteiger partial charge < -0.3 is 20.5 Å². The molecular weight excluding hydrogens is 256 g/mol. The molecule has 0 saturated heterocycles. The van der Waals surface area contributed by atoms with Crippen LogP contribution in [0.3, 0.4) is 0 Å². The monoisotopic (exact) mass is 270 g/mol. The van der Waals surface area contributed by atoms with Gasteiger partial charge in [-0.1, -0.05) is 12.1 Å². The molecule has 0 atom stereocenters. The van der Waals surface area contributed by atoms with Crippen molar-refractivity contribution >= 4 is 11.6 Å². The first-order valence-electron chi connectivity index (χ1n) is 6.24. The Hall–Kier alpha value is -2.69. The van der Waals surface area contributed by atoms with Crippen molar-refractivity contribution < 1.29 is 14.3 Å². The third kappa shape index (κ3) is 2.51. The highest BCUT2D eigenvalue weighted by molar-refractivity contribution is 5.93. The molecule has 5 nitrogen and oxygen atoms in total. The number of fused-ring (bicyclic) bond motifs is 1. The molecule has 5 heteroatoms. The lowest BCUT2D eigenvalue weighted by molar-refractivity contribution is 0.100. The topological polar surface area (TPSA) is 73.6 Å². The lowest BCUT2D eigenvalue weighted by Gasteiger charge is -2.08. The average Bonchev–Trinajstić information content (AvgIpc) is 2.93. The van der Waals surface area contributed by atoms with Gasteiger partial charge in [-0.2, -0.15) is 0 Å². The van der Waals surface area contributed by atoms with Crippen LogP contribution in [0.1, 0.15) is 15.9 Å². The number of benzene rings is 2. The van der Waals surface area contributed by atoms with Crippen molar-refractivity contribution in [3.63, 3.8) is 0 Å². The number of anilines is 1. The summed E-state index contributed by atoms with van der Waals surface area (Å²) in [6, 6.07) is 12.9. The van der Waals surface area contributed by atoms with Crippen LogP contribution in [0.15, 0.2) is 42.5 Å². The molecule has 1 heterocycles. The summed E-state index contributed by atoms with van der Waals surface area (Å²) in [6.07, 6.45) is 0. The smallest absolute Gasteiger partial charge is 0.248 e. The van der Waals surface area contributed by atoms with Crippen molar-refractivity contribution in [3.8, 4) is 11.5 Å². The van der Waals surface area contributed by atoms with E-state index in [2.05, 4.69) is 5.32 Å². The molecule has 0 fully saturated rings. The summed E-state index contributed by atoms with van der Waals surface area (Å²) >= 11 is 0. The second-order valence-corrected chi connectivity index (χ2v) is 4.49. The van der Waals surface area contributed by atoms with E-state index < -0.39 is 5.91 Å². The van der Waals surface area contributed by atoms with Gasteiger partial charge in [-0.15, -0.1) is 0 Å². The molecule has 1 amide bonds. The van der Waals surface area contributed by atoms with Crippen LogP contribution in [0.5, 0.6) is 11.5 Å². The Morgan fingerprint density at radius 1 is 1.15 bits per heavy atom. The fraction of sp³-hybridized carbons (Fsp3) is 0.133. The second-order valence-electron chi connectivity index (χ2n) is 4.49. The number of rotatable bonds is 4. The molecule has 0 saturated carbocycles. The van der Waals surface area contributed by atoms with Crippen molar-refractivity contribution in [1.29, 1.82) is 0 Å². The van der Waals surface area contributed by atoms with Crippen molar-refractivity contribution in [3.05, 3.63) is 53.6 Å². The van der Waals surface area contributed by atoms with Gasteiger partial charge in [-0.25, -0.2) is 0 Å². The van der Waals surface area contributed by atoms with Gasteiger partial charge in [-0.3, -0.25) is 4.79 Å². The molecule has 3 N–H and O–H groups in total. The lowest BCUT2D eigenvalue weighted by Crippen LogP contribution is -2.11. The minimum atomic E-state index is -0.434. The number of primary amides is 1. The van der Waals surface area contributed by atoms with Gasteiger partial charge in [-0.05, 0) is 35.9 Å². The summed E-state index contributed by atoms with van der Waals surface area (Å²) in [5.41, 5.74) is 7.66. The number of carbonyl (C=O) groups excluding carboxylic acids is 1. The molecule has 0 spiro atoms. The first kappa shape index (κ1) is 12.3. The maximum Gasteiger partial charge on any atom is 0.248 e. The summed E-state index contributed by atoms with van der Waals surface area (Å²) < 4.78 is 10.6. The molecule has 20 heavy (non-hydrogen) atoms. The van der Waals surface area contributed by atoms with Crippen LogP contribution in [0.2, 0.25) is 0 Å². The standard InChI is InChI=1S/C15H14N2O3/c16-15(18)11-2-1-3-12(7-11)17-8-10-4-5-13-14(6-10)20-9-19-13/h1-7,17H,8-9H2,(H2,16,18). The fourth-order valence-electron chi connectivity index (χ4n) is 2.04. The normalized spacial score (nSPS) is 12.2. The summed E-state index contributed by atoms with van der Waals surface area (Å²) in [4.78, 5) is 11.1. The number of nitrogens with two attached hydrogens (primary N) is 1. The van der Waals surface area contributed by atoms with Crippen LogP contribution in [0, 0.1) is 0 Å². The molecule has 3 rings (SSSR count). The summed E-state index contributed by atoms with van der Waals surface area (Å²) in [6.45, 7) is 0.895. The molecule has 102 valence electrons. The van der Waals surface area contributed by atoms with Crippen molar-refractivity contribution in [1.82, 2.24) is 0 Å². The first-order valence-corrected chi connectivity index (χ1v) is 6.24. The average molecular weight is 270 g/mol. The van der Waals surface area contributed by atoms with Crippen LogP contribution in [0.25, 0.3) is 0 Å². The highest BCUT2D eigenvalue weighted by atomic mass is 16.7. The summed E-state index contributed by atoms with van der Waals surface area (Å²) in [7, 11) is 0. The predicted molar refractivity (Wildman–Crippen MR) is 74.9 cm³/mol. The Balaban J connectivity index is 1.70. The number of nitrogens with one attached hydrogen (secondary N) is 1. The highest BCUT2D eigenvalue weighted by Crippen LogP contribution is 2.32. The Morgan fingerprint density at radius 3 is 2.85 bits per heavy atom. The number of amides is 1. The van der Waals surface area contributed by atoms with E-state index in [9.17, 15) is 4.79 Å². The molecule has 2 aromatic rings. The Bertz CT molecular complexity index is 655. The maximum atomic E-state index is 11.1. The molecule has 0 radical (unpaired) electrons. The van der Waals surface area contributed by atoms with Gasteiger partial charge in [0.1, 0.15) is 0 Å². The molecule has 0 unspecified atom stereocenters. The molecule has 0 aromatic heterocycles. The third-order valence-corrected chi connectivity index (χ3v) is 3.08. The van der Waals surface area contributed by atoms with E-state index in [1.807, 2.05) is 24.3 Å². The Morgan fingerprint density at radius 2 is 2.00 bits per heavy atom. The zero-order chi connectivity index (χ0) is 13.9.